The molecule has 2 aliphatic carbocycles. The molecule has 2 unspecified atom stereocenters. The zero-order valence-electron chi connectivity index (χ0n) is 45.7. The number of carbonyl (C=O) groups excluding carboxylic acids is 3. The van der Waals surface area contributed by atoms with Crippen LogP contribution in [0.3, 0.4) is 0 Å². The number of hydrogen-bond donors (Lipinski definition) is 3. The van der Waals surface area contributed by atoms with Crippen molar-refractivity contribution in [2.24, 2.45) is 0 Å². The number of nitrogens with one attached hydrogen (secondary N) is 3. The topological polar surface area (TPSA) is 168 Å². The van der Waals surface area contributed by atoms with Crippen molar-refractivity contribution in [1.82, 2.24) is 49.1 Å². The lowest BCUT2D eigenvalue weighted by molar-refractivity contribution is -0.124. The van der Waals surface area contributed by atoms with Gasteiger partial charge in [-0.15, -0.1) is 0 Å². The fourth-order valence-electron chi connectivity index (χ4n) is 11.7. The molecular formula is C63H66Cl2N12O4. The summed E-state index contributed by atoms with van der Waals surface area (Å²) in [5.74, 6) is -0.223. The van der Waals surface area contributed by atoms with Crippen molar-refractivity contribution in [3.63, 3.8) is 0 Å². The van der Waals surface area contributed by atoms with Gasteiger partial charge < -0.3 is 34.7 Å². The van der Waals surface area contributed by atoms with Crippen LogP contribution < -0.4 is 16.0 Å². The molecule has 2 aliphatic heterocycles. The highest BCUT2D eigenvalue weighted by Gasteiger charge is 2.43. The zero-order valence-corrected chi connectivity index (χ0v) is 47.2. The van der Waals surface area contributed by atoms with Crippen LogP contribution in [-0.2, 0) is 53.1 Å². The van der Waals surface area contributed by atoms with Gasteiger partial charge in [0.15, 0.2) is 0 Å². The number of rotatable bonds is 10. The van der Waals surface area contributed by atoms with E-state index in [1.165, 1.54) is 16.7 Å². The Morgan fingerprint density at radius 3 is 1.64 bits per heavy atom. The Bertz CT molecular complexity index is 3510. The number of benzene rings is 4. The second-order valence-electron chi connectivity index (χ2n) is 22.1. The highest BCUT2D eigenvalue weighted by atomic mass is 35.5. The van der Waals surface area contributed by atoms with Crippen LogP contribution in [0.1, 0.15) is 88.8 Å². The number of aromatic nitrogens is 6. The molecule has 416 valence electrons. The molecule has 12 rings (SSSR count). The first-order valence-corrected chi connectivity index (χ1v) is 28.4. The molecule has 0 spiro atoms. The Morgan fingerprint density at radius 2 is 1.12 bits per heavy atom. The van der Waals surface area contributed by atoms with Gasteiger partial charge in [0.25, 0.3) is 0 Å². The summed E-state index contributed by atoms with van der Waals surface area (Å²) in [6.07, 6.45) is 17.6. The summed E-state index contributed by atoms with van der Waals surface area (Å²) in [5, 5.41) is 11.2. The fraction of sp³-hybridized carbons (Fsp3) is 0.317. The molecule has 4 aromatic carbocycles. The van der Waals surface area contributed by atoms with Crippen LogP contribution >= 0.6 is 23.2 Å². The van der Waals surface area contributed by atoms with Gasteiger partial charge in [-0.3, -0.25) is 29.4 Å². The molecule has 8 aromatic rings. The SMILES string of the molecule is CC(C)(C)OC(=O)N1CCN([C@@H]2c3ccc(Cl)cc3CCc3cccnc32)C(C(=O)Nc2cccc(Cn3ccnc3)c2)C1.O=C(Nc1cccc(Cn2ccnc2)c1)C1CNCCN1[C@@H]1c2ccc(Cl)cc2CCc2cccnc21. The Kier molecular flexibility index (Phi) is 16.7. The van der Waals surface area contributed by atoms with Crippen LogP contribution in [-0.4, -0.2) is 119 Å². The van der Waals surface area contributed by atoms with Crippen LogP contribution in [0.25, 0.3) is 0 Å². The van der Waals surface area contributed by atoms with Gasteiger partial charge in [0.05, 0.1) is 36.1 Å². The molecule has 81 heavy (non-hydrogen) atoms. The van der Waals surface area contributed by atoms with Gasteiger partial charge in [-0.05, 0) is 152 Å². The van der Waals surface area contributed by atoms with E-state index in [-0.39, 0.29) is 36.5 Å². The first-order valence-electron chi connectivity index (χ1n) is 27.7. The number of halogens is 2. The maximum Gasteiger partial charge on any atom is 0.410 e. The van der Waals surface area contributed by atoms with Crippen molar-refractivity contribution >= 4 is 52.5 Å². The molecule has 18 heteroatoms. The van der Waals surface area contributed by atoms with Crippen molar-refractivity contribution in [1.29, 1.82) is 0 Å². The van der Waals surface area contributed by atoms with Crippen molar-refractivity contribution in [3.8, 4) is 0 Å². The van der Waals surface area contributed by atoms with Gasteiger partial charge in [0.1, 0.15) is 17.7 Å². The minimum atomic E-state index is -0.671. The molecule has 3 amide bonds. The Balaban J connectivity index is 0.000000173. The molecule has 2 fully saturated rings. The molecule has 0 radical (unpaired) electrons. The second kappa shape index (κ2) is 24.6. The number of amides is 3. The minimum Gasteiger partial charge on any atom is -0.444 e. The van der Waals surface area contributed by atoms with E-state index in [4.69, 9.17) is 37.9 Å². The summed E-state index contributed by atoms with van der Waals surface area (Å²) < 4.78 is 9.70. The monoisotopic (exact) mass is 1120 g/mol. The normalized spacial score (nSPS) is 19.0. The van der Waals surface area contributed by atoms with Crippen molar-refractivity contribution < 1.29 is 19.1 Å². The fourth-order valence-corrected chi connectivity index (χ4v) is 12.1. The van der Waals surface area contributed by atoms with Gasteiger partial charge in [0.2, 0.25) is 11.8 Å². The molecule has 0 bridgehead atoms. The third kappa shape index (κ3) is 13.1. The third-order valence-electron chi connectivity index (χ3n) is 15.4. The van der Waals surface area contributed by atoms with Gasteiger partial charge in [-0.25, -0.2) is 14.8 Å². The summed E-state index contributed by atoms with van der Waals surface area (Å²) in [7, 11) is 0. The van der Waals surface area contributed by atoms with Crippen LogP contribution in [0.5, 0.6) is 0 Å². The third-order valence-corrected chi connectivity index (χ3v) is 15.8. The summed E-state index contributed by atoms with van der Waals surface area (Å²) in [6.45, 7) is 10.0. The summed E-state index contributed by atoms with van der Waals surface area (Å²) >= 11 is 12.8. The van der Waals surface area contributed by atoms with Crippen molar-refractivity contribution in [2.75, 3.05) is 49.9 Å². The van der Waals surface area contributed by atoms with E-state index in [1.54, 1.807) is 29.9 Å². The molecule has 6 heterocycles. The summed E-state index contributed by atoms with van der Waals surface area (Å²) in [6, 6.07) is 34.7. The maximum atomic E-state index is 14.3. The van der Waals surface area contributed by atoms with Gasteiger partial charge >= 0.3 is 6.09 Å². The maximum absolute atomic E-state index is 14.3. The number of nitrogens with zero attached hydrogens (tertiary/aromatic N) is 9. The van der Waals surface area contributed by atoms with E-state index in [0.717, 1.165) is 88.7 Å². The molecular weight excluding hydrogens is 1060 g/mol. The smallest absolute Gasteiger partial charge is 0.410 e. The van der Waals surface area contributed by atoms with Gasteiger partial charge in [-0.1, -0.05) is 71.7 Å². The predicted molar refractivity (Wildman–Crippen MR) is 314 cm³/mol. The zero-order chi connectivity index (χ0) is 56.0. The largest absolute Gasteiger partial charge is 0.444 e. The molecule has 16 nitrogen and oxygen atoms in total. The number of ether oxygens (including phenoxy) is 1. The molecule has 0 saturated carbocycles. The van der Waals surface area contributed by atoms with E-state index >= 15 is 0 Å². The number of carbonyl (C=O) groups is 3. The second-order valence-corrected chi connectivity index (χ2v) is 22.9. The van der Waals surface area contributed by atoms with Crippen molar-refractivity contribution in [3.05, 3.63) is 225 Å². The van der Waals surface area contributed by atoms with Crippen LogP contribution in [0.15, 0.2) is 159 Å². The number of fused-ring (bicyclic) bond motifs is 4. The van der Waals surface area contributed by atoms with E-state index in [1.807, 2.05) is 127 Å². The average molecular weight is 1130 g/mol. The molecule has 4 aliphatic rings. The number of imidazole rings is 2. The molecule has 2 saturated heterocycles. The van der Waals surface area contributed by atoms with Gasteiger partial charge in [0, 0.05) is 111 Å². The molecule has 4 atom stereocenters. The summed E-state index contributed by atoms with van der Waals surface area (Å²) in [5.41, 5.74) is 11.9. The lowest BCUT2D eigenvalue weighted by Gasteiger charge is -2.44. The van der Waals surface area contributed by atoms with Crippen molar-refractivity contribution in [2.45, 2.75) is 89.3 Å². The molecule has 4 aromatic heterocycles. The number of anilines is 2. The first kappa shape index (κ1) is 55.2. The highest BCUT2D eigenvalue weighted by molar-refractivity contribution is 6.31. The standard InChI is InChI=1S/C34H37ClN6O3.C29H29ClN6O/c1-34(2,3)44-33(43)40-16-17-41(31-28-12-11-26(35)19-25(28)10-9-24-7-5-13-37-30(24)31)29(21-40)32(42)38-27-8-4-6-23(18-27)20-39-15-14-36-22-39;30-23-8-9-25-22(16-23)7-6-21-4-2-10-33-27(21)28(25)36-14-12-31-17-26(36)29(37)34-24-5-1-3-20(15-24)18-35-13-11-32-19-35/h4-8,11-15,18-19,22,29,31H,9-10,16-17,20-21H2,1-3H3,(H,38,42);1-5,8-11,13,15-16,19,26,28,31H,6-7,12,14,17-18H2,(H,34,37)/t29?,31-;26?,28-/m11/s1. The lowest BCUT2D eigenvalue weighted by Crippen LogP contribution is -2.60. The quantitative estimate of drug-likeness (QED) is 0.119. The van der Waals surface area contributed by atoms with E-state index in [2.05, 4.69) is 72.1 Å². The van der Waals surface area contributed by atoms with E-state index in [0.29, 0.717) is 43.4 Å². The first-order chi connectivity index (χ1) is 39.3. The van der Waals surface area contributed by atoms with E-state index in [9.17, 15) is 14.4 Å². The Morgan fingerprint density at radius 1 is 0.605 bits per heavy atom. The number of pyridine rings is 2. The number of aryl methyl sites for hydroxylation is 4. The number of piperazine rings is 2. The van der Waals surface area contributed by atoms with E-state index < -0.39 is 17.7 Å². The number of hydrogen-bond acceptors (Lipinski definition) is 11. The Labute approximate surface area is 482 Å². The van der Waals surface area contributed by atoms with Crippen LogP contribution in [0.4, 0.5) is 16.2 Å². The molecule has 3 N–H and O–H groups in total. The Hall–Kier alpha value is -7.73. The predicted octanol–water partition coefficient (Wildman–Crippen LogP) is 9.81. The minimum absolute atomic E-state index is 0.0239. The van der Waals surface area contributed by atoms with Gasteiger partial charge in [-0.2, -0.15) is 0 Å². The van der Waals surface area contributed by atoms with Crippen LogP contribution in [0, 0.1) is 0 Å². The lowest BCUT2D eigenvalue weighted by atomic mass is 9.94. The van der Waals surface area contributed by atoms with Crippen LogP contribution in [0.2, 0.25) is 10.0 Å². The summed E-state index contributed by atoms with van der Waals surface area (Å²) in [4.78, 5) is 65.4. The average Bonchev–Trinajstić information content (AvgIpc) is 4.13. The highest BCUT2D eigenvalue weighted by Crippen LogP contribution is 2.41.